The Kier molecular flexibility index (Phi) is 6.06. The highest BCUT2D eigenvalue weighted by molar-refractivity contribution is 6.03. The number of nitrogens with zero attached hydrogens (tertiary/aromatic N) is 1. The lowest BCUT2D eigenvalue weighted by Crippen LogP contribution is -2.57. The number of carbonyl (C=O) groups is 1. The number of methoxy groups -OCH3 is 1. The number of hydrogen-bond donors (Lipinski definition) is 1. The monoisotopic (exact) mass is 439 g/mol. The van der Waals surface area contributed by atoms with Crippen molar-refractivity contribution in [1.29, 1.82) is 0 Å². The maximum Gasteiger partial charge on any atom is 0.418 e. The molecule has 2 aromatic carbocycles. The summed E-state index contributed by atoms with van der Waals surface area (Å²) < 4.78 is 61.6. The average Bonchev–Trinajstić information content (AvgIpc) is 2.69. The summed E-state index contributed by atoms with van der Waals surface area (Å²) in [5.41, 5.74) is -3.46. The summed E-state index contributed by atoms with van der Waals surface area (Å²) in [7, 11) is 1.35. The van der Waals surface area contributed by atoms with E-state index in [4.69, 9.17) is 4.74 Å². The van der Waals surface area contributed by atoms with Gasteiger partial charge in [0, 0.05) is 29.8 Å². The van der Waals surface area contributed by atoms with Gasteiger partial charge in [-0.3, -0.25) is 4.79 Å². The number of benzene rings is 2. The van der Waals surface area contributed by atoms with E-state index in [1.54, 1.807) is 24.3 Å². The quantitative estimate of drug-likeness (QED) is 0.652. The van der Waals surface area contributed by atoms with E-state index in [1.165, 1.54) is 31.9 Å². The predicted octanol–water partition coefficient (Wildman–Crippen LogP) is 4.89. The Hall–Kier alpha value is -2.61. The normalized spacial score (nSPS) is 16.6. The number of β-amino-alcohol motifs (C(OH)–C–C–N with tert-alkyl or cyclic N) is 1. The van der Waals surface area contributed by atoms with Gasteiger partial charge in [-0.25, -0.2) is 4.39 Å². The fourth-order valence-electron chi connectivity index (χ4n) is 4.24. The minimum atomic E-state index is -4.96. The fourth-order valence-corrected chi connectivity index (χ4v) is 4.24. The summed E-state index contributed by atoms with van der Waals surface area (Å²) >= 11 is 0. The van der Waals surface area contributed by atoms with Gasteiger partial charge in [0.1, 0.15) is 11.6 Å². The van der Waals surface area contributed by atoms with Gasteiger partial charge in [-0.15, -0.1) is 0 Å². The molecule has 0 saturated carbocycles. The molecule has 0 saturated heterocycles. The summed E-state index contributed by atoms with van der Waals surface area (Å²) in [4.78, 5) is 13.5. The Balaban J connectivity index is 1.98. The predicted molar refractivity (Wildman–Crippen MR) is 109 cm³/mol. The summed E-state index contributed by atoms with van der Waals surface area (Å²) in [6, 6.07) is 10.1. The standard InChI is InChI=1S/C23H25F4NO3/c1-21(2,17-12-15(24)8-9-20(17)31-3)13-22(30,23(25,26)27)14-28-11-10-19(29)16-6-4-5-7-18(16)28/h4-9,12,30H,10-11,13-14H2,1-3H3. The maximum absolute atomic E-state index is 14.2. The first kappa shape index (κ1) is 23.1. The molecule has 8 heteroatoms. The molecule has 0 fully saturated rings. The second kappa shape index (κ2) is 8.15. The van der Waals surface area contributed by atoms with Crippen LogP contribution in [0.1, 0.15) is 42.6 Å². The first-order valence-electron chi connectivity index (χ1n) is 9.88. The van der Waals surface area contributed by atoms with E-state index in [-0.39, 0.29) is 30.1 Å². The molecule has 0 bridgehead atoms. The molecule has 0 aromatic heterocycles. The largest absolute Gasteiger partial charge is 0.496 e. The van der Waals surface area contributed by atoms with Crippen LogP contribution in [-0.2, 0) is 5.41 Å². The Labute approximate surface area is 178 Å². The van der Waals surface area contributed by atoms with Crippen LogP contribution < -0.4 is 9.64 Å². The molecule has 1 atom stereocenters. The van der Waals surface area contributed by atoms with Crippen molar-refractivity contribution in [3.05, 3.63) is 59.4 Å². The zero-order valence-electron chi connectivity index (χ0n) is 17.6. The van der Waals surface area contributed by atoms with E-state index in [2.05, 4.69) is 0 Å². The molecule has 1 unspecified atom stereocenters. The van der Waals surface area contributed by atoms with Crippen molar-refractivity contribution in [3.63, 3.8) is 0 Å². The summed E-state index contributed by atoms with van der Waals surface area (Å²) in [6.07, 6.45) is -5.62. The van der Waals surface area contributed by atoms with Crippen LogP contribution in [-0.4, -0.2) is 42.9 Å². The van der Waals surface area contributed by atoms with Crippen molar-refractivity contribution in [1.82, 2.24) is 0 Å². The van der Waals surface area contributed by atoms with Crippen LogP contribution in [0.25, 0.3) is 0 Å². The van der Waals surface area contributed by atoms with Crippen LogP contribution in [0.3, 0.4) is 0 Å². The van der Waals surface area contributed by atoms with Crippen molar-refractivity contribution < 1.29 is 32.2 Å². The van der Waals surface area contributed by atoms with Crippen molar-refractivity contribution >= 4 is 11.5 Å². The number of Topliss-reactive ketones (excluding diaryl/α,β-unsaturated/α-hetero) is 1. The van der Waals surface area contributed by atoms with Crippen LogP contribution in [0.4, 0.5) is 23.2 Å². The van der Waals surface area contributed by atoms with Crippen LogP contribution in [0.5, 0.6) is 5.75 Å². The summed E-state index contributed by atoms with van der Waals surface area (Å²) in [5.74, 6) is -0.514. The number of rotatable bonds is 6. The zero-order valence-corrected chi connectivity index (χ0v) is 17.6. The Bertz CT molecular complexity index is 974. The van der Waals surface area contributed by atoms with E-state index < -0.39 is 36.0 Å². The lowest BCUT2D eigenvalue weighted by molar-refractivity contribution is -0.262. The van der Waals surface area contributed by atoms with Crippen LogP contribution >= 0.6 is 0 Å². The van der Waals surface area contributed by atoms with Gasteiger partial charge in [0.25, 0.3) is 0 Å². The first-order chi connectivity index (χ1) is 14.4. The molecule has 0 amide bonds. The molecule has 0 spiro atoms. The number of aliphatic hydroxyl groups is 1. The zero-order chi connectivity index (χ0) is 23.0. The smallest absolute Gasteiger partial charge is 0.418 e. The third-order valence-electron chi connectivity index (χ3n) is 5.76. The number of alkyl halides is 3. The molecule has 1 aliphatic heterocycles. The SMILES string of the molecule is COc1ccc(F)cc1C(C)(C)CC(O)(CN1CCC(=O)c2ccccc21)C(F)(F)F. The van der Waals surface area contributed by atoms with Crippen LogP contribution in [0.15, 0.2) is 42.5 Å². The number of hydrogen-bond acceptors (Lipinski definition) is 4. The van der Waals surface area contributed by atoms with Crippen molar-refractivity contribution in [2.75, 3.05) is 25.1 Å². The lowest BCUT2D eigenvalue weighted by Gasteiger charge is -2.42. The molecular weight excluding hydrogens is 414 g/mol. The highest BCUT2D eigenvalue weighted by Gasteiger charge is 2.57. The van der Waals surface area contributed by atoms with Crippen molar-refractivity contribution in [2.24, 2.45) is 0 Å². The van der Waals surface area contributed by atoms with Gasteiger partial charge in [-0.05, 0) is 42.2 Å². The third-order valence-corrected chi connectivity index (χ3v) is 5.76. The minimum Gasteiger partial charge on any atom is -0.496 e. The van der Waals surface area contributed by atoms with E-state index in [1.807, 2.05) is 0 Å². The highest BCUT2D eigenvalue weighted by atomic mass is 19.4. The number of halogens is 4. The molecule has 4 nitrogen and oxygen atoms in total. The number of anilines is 1. The number of ketones is 1. The number of ether oxygens (including phenoxy) is 1. The Morgan fingerprint density at radius 2 is 1.81 bits per heavy atom. The van der Waals surface area contributed by atoms with Gasteiger partial charge >= 0.3 is 6.18 Å². The lowest BCUT2D eigenvalue weighted by atomic mass is 9.74. The molecule has 1 heterocycles. The number of fused-ring (bicyclic) bond motifs is 1. The maximum atomic E-state index is 14.2. The number of para-hydroxylation sites is 1. The van der Waals surface area contributed by atoms with Crippen LogP contribution in [0.2, 0.25) is 0 Å². The van der Waals surface area contributed by atoms with E-state index in [0.29, 0.717) is 11.3 Å². The van der Waals surface area contributed by atoms with Gasteiger partial charge in [-0.2, -0.15) is 13.2 Å². The Morgan fingerprint density at radius 3 is 2.45 bits per heavy atom. The topological polar surface area (TPSA) is 49.8 Å². The second-order valence-corrected chi connectivity index (χ2v) is 8.55. The molecular formula is C23H25F4NO3. The van der Waals surface area contributed by atoms with E-state index >= 15 is 0 Å². The molecule has 31 heavy (non-hydrogen) atoms. The average molecular weight is 439 g/mol. The van der Waals surface area contributed by atoms with Gasteiger partial charge in [-0.1, -0.05) is 26.0 Å². The van der Waals surface area contributed by atoms with Crippen molar-refractivity contribution in [3.8, 4) is 5.75 Å². The molecule has 1 aliphatic rings. The summed E-state index contributed by atoms with van der Waals surface area (Å²) in [6.45, 7) is 2.34. The summed E-state index contributed by atoms with van der Waals surface area (Å²) in [5, 5.41) is 10.9. The molecule has 3 rings (SSSR count). The van der Waals surface area contributed by atoms with Crippen LogP contribution in [0, 0.1) is 5.82 Å². The molecule has 2 aromatic rings. The third kappa shape index (κ3) is 4.54. The molecule has 1 N–H and O–H groups in total. The molecule has 0 aliphatic carbocycles. The highest BCUT2D eigenvalue weighted by Crippen LogP contribution is 2.45. The Morgan fingerprint density at radius 1 is 1.13 bits per heavy atom. The minimum absolute atomic E-state index is 0.0616. The first-order valence-corrected chi connectivity index (χ1v) is 9.88. The van der Waals surface area contributed by atoms with Gasteiger partial charge in [0.05, 0.1) is 13.7 Å². The van der Waals surface area contributed by atoms with E-state index in [0.717, 1.165) is 12.1 Å². The molecule has 0 radical (unpaired) electrons. The second-order valence-electron chi connectivity index (χ2n) is 8.55. The van der Waals surface area contributed by atoms with Gasteiger partial charge < -0.3 is 14.7 Å². The fraction of sp³-hybridized carbons (Fsp3) is 0.435. The molecule has 168 valence electrons. The van der Waals surface area contributed by atoms with Gasteiger partial charge in [0.2, 0.25) is 0 Å². The van der Waals surface area contributed by atoms with Crippen molar-refractivity contribution in [2.45, 2.75) is 43.9 Å². The number of carbonyl (C=O) groups excluding carboxylic acids is 1. The van der Waals surface area contributed by atoms with Gasteiger partial charge in [0.15, 0.2) is 11.4 Å². The van der Waals surface area contributed by atoms with E-state index in [9.17, 15) is 27.5 Å².